The number of hydrogen-bond acceptors (Lipinski definition) is 4. The molecule has 3 aromatic rings. The summed E-state index contributed by atoms with van der Waals surface area (Å²) < 4.78 is 22.5. The van der Waals surface area contributed by atoms with E-state index in [0.29, 0.717) is 24.2 Å². The van der Waals surface area contributed by atoms with Gasteiger partial charge >= 0.3 is 0 Å². The number of carbonyl (C=O) groups excluding carboxylic acids is 1. The average Bonchev–Trinajstić information content (AvgIpc) is 2.68. The summed E-state index contributed by atoms with van der Waals surface area (Å²) in [4.78, 5) is 17.0. The highest BCUT2D eigenvalue weighted by atomic mass is 32.2. The van der Waals surface area contributed by atoms with Crippen molar-refractivity contribution in [2.45, 2.75) is 18.2 Å². The minimum atomic E-state index is -3.69. The first kappa shape index (κ1) is 19.7. The number of aromatic nitrogens is 1. The van der Waals surface area contributed by atoms with Crippen LogP contribution in [0, 0.1) is 6.92 Å². The third-order valence-electron chi connectivity index (χ3n) is 4.35. The van der Waals surface area contributed by atoms with Crippen LogP contribution in [0.25, 0.3) is 11.3 Å². The lowest BCUT2D eigenvalue weighted by Gasteiger charge is -2.09. The predicted molar refractivity (Wildman–Crippen MR) is 108 cm³/mol. The van der Waals surface area contributed by atoms with Gasteiger partial charge in [0.2, 0.25) is 10.0 Å². The topological polar surface area (TPSA) is 102 Å². The molecule has 28 heavy (non-hydrogen) atoms. The molecule has 0 aliphatic heterocycles. The van der Waals surface area contributed by atoms with Crippen LogP contribution in [0.5, 0.6) is 0 Å². The van der Waals surface area contributed by atoms with Crippen molar-refractivity contribution in [3.8, 4) is 11.3 Å². The largest absolute Gasteiger partial charge is 0.352 e. The molecule has 6 nitrogen and oxygen atoms in total. The normalized spacial score (nSPS) is 11.2. The molecule has 3 rings (SSSR count). The van der Waals surface area contributed by atoms with Crippen LogP contribution in [-0.2, 0) is 16.4 Å². The van der Waals surface area contributed by atoms with Gasteiger partial charge in [-0.25, -0.2) is 13.6 Å². The Kier molecular flexibility index (Phi) is 5.87. The Hall–Kier alpha value is -3.03. The fourth-order valence-corrected chi connectivity index (χ4v) is 3.35. The van der Waals surface area contributed by atoms with Crippen LogP contribution in [0.2, 0.25) is 0 Å². The summed E-state index contributed by atoms with van der Waals surface area (Å²) in [6.45, 7) is 2.24. The van der Waals surface area contributed by atoms with Gasteiger partial charge in [0.1, 0.15) is 0 Å². The maximum atomic E-state index is 12.4. The number of rotatable bonds is 6. The minimum Gasteiger partial charge on any atom is -0.352 e. The van der Waals surface area contributed by atoms with Crippen LogP contribution in [0.15, 0.2) is 71.6 Å². The van der Waals surface area contributed by atoms with Crippen molar-refractivity contribution in [3.63, 3.8) is 0 Å². The number of carbonyl (C=O) groups is 1. The molecule has 0 unspecified atom stereocenters. The molecule has 2 aromatic carbocycles. The number of pyridine rings is 1. The Morgan fingerprint density at radius 1 is 1.00 bits per heavy atom. The predicted octanol–water partition coefficient (Wildman–Crippen LogP) is 2.68. The number of nitrogens with two attached hydrogens (primary N) is 1. The van der Waals surface area contributed by atoms with Gasteiger partial charge in [-0.05, 0) is 43.2 Å². The molecule has 0 saturated heterocycles. The summed E-state index contributed by atoms with van der Waals surface area (Å²) in [7, 11) is -3.69. The second-order valence-electron chi connectivity index (χ2n) is 6.39. The van der Waals surface area contributed by atoms with Crippen molar-refractivity contribution in [2.24, 2.45) is 5.14 Å². The molecule has 0 aliphatic carbocycles. The lowest BCUT2D eigenvalue weighted by molar-refractivity contribution is 0.0953. The standard InChI is InChI=1S/C21H21N3O3S/c1-15-19(11-12-20(24-15)17-5-3-2-4-6-17)21(25)23-14-13-16-7-9-18(10-8-16)28(22,26)27/h2-12H,13-14H2,1H3,(H,23,25)(H2,22,26,27). The zero-order chi connectivity index (χ0) is 20.1. The Bertz CT molecular complexity index is 1080. The molecule has 3 N–H and O–H groups in total. The van der Waals surface area contributed by atoms with Gasteiger partial charge < -0.3 is 5.32 Å². The number of benzene rings is 2. The summed E-state index contributed by atoms with van der Waals surface area (Å²) in [6, 6.07) is 19.7. The number of nitrogens with zero attached hydrogens (tertiary/aromatic N) is 1. The van der Waals surface area contributed by atoms with Crippen molar-refractivity contribution in [2.75, 3.05) is 6.54 Å². The lowest BCUT2D eigenvalue weighted by Crippen LogP contribution is -2.26. The molecule has 0 radical (unpaired) electrons. The summed E-state index contributed by atoms with van der Waals surface area (Å²) in [5.74, 6) is -0.189. The van der Waals surface area contributed by atoms with E-state index in [4.69, 9.17) is 5.14 Å². The number of amides is 1. The highest BCUT2D eigenvalue weighted by Crippen LogP contribution is 2.18. The third kappa shape index (κ3) is 4.82. The van der Waals surface area contributed by atoms with Gasteiger partial charge in [0.05, 0.1) is 21.8 Å². The highest BCUT2D eigenvalue weighted by molar-refractivity contribution is 7.89. The molecule has 0 atom stereocenters. The van der Waals surface area contributed by atoms with Crippen LogP contribution in [0.3, 0.4) is 0 Å². The van der Waals surface area contributed by atoms with Gasteiger partial charge in [0.15, 0.2) is 0 Å². The molecule has 0 spiro atoms. The quantitative estimate of drug-likeness (QED) is 0.670. The second-order valence-corrected chi connectivity index (χ2v) is 7.95. The molecule has 1 amide bonds. The van der Waals surface area contributed by atoms with Crippen LogP contribution >= 0.6 is 0 Å². The first-order chi connectivity index (χ1) is 13.3. The minimum absolute atomic E-state index is 0.0699. The van der Waals surface area contributed by atoms with Crippen molar-refractivity contribution in [3.05, 3.63) is 83.6 Å². The van der Waals surface area contributed by atoms with Gasteiger partial charge in [-0.15, -0.1) is 0 Å². The molecular weight excluding hydrogens is 374 g/mol. The van der Waals surface area contributed by atoms with E-state index in [-0.39, 0.29) is 10.8 Å². The maximum absolute atomic E-state index is 12.4. The van der Waals surface area contributed by atoms with E-state index < -0.39 is 10.0 Å². The van der Waals surface area contributed by atoms with Gasteiger partial charge in [-0.3, -0.25) is 9.78 Å². The summed E-state index contributed by atoms with van der Waals surface area (Å²) >= 11 is 0. The maximum Gasteiger partial charge on any atom is 0.253 e. The van der Waals surface area contributed by atoms with Crippen LogP contribution < -0.4 is 10.5 Å². The zero-order valence-corrected chi connectivity index (χ0v) is 16.2. The fraction of sp³-hybridized carbons (Fsp3) is 0.143. The Morgan fingerprint density at radius 3 is 2.29 bits per heavy atom. The van der Waals surface area contributed by atoms with Crippen molar-refractivity contribution >= 4 is 15.9 Å². The first-order valence-electron chi connectivity index (χ1n) is 8.77. The van der Waals surface area contributed by atoms with E-state index in [1.54, 1.807) is 18.2 Å². The van der Waals surface area contributed by atoms with E-state index in [1.807, 2.05) is 43.3 Å². The molecule has 144 valence electrons. The zero-order valence-electron chi connectivity index (χ0n) is 15.4. The smallest absolute Gasteiger partial charge is 0.253 e. The van der Waals surface area contributed by atoms with Gasteiger partial charge in [0.25, 0.3) is 5.91 Å². The molecule has 0 saturated carbocycles. The van der Waals surface area contributed by atoms with Crippen LogP contribution in [0.4, 0.5) is 0 Å². The number of primary sulfonamides is 1. The number of sulfonamides is 1. The summed E-state index contributed by atoms with van der Waals surface area (Å²) in [5.41, 5.74) is 3.92. The van der Waals surface area contributed by atoms with E-state index in [9.17, 15) is 13.2 Å². The summed E-state index contributed by atoms with van der Waals surface area (Å²) in [5, 5.41) is 7.95. The monoisotopic (exact) mass is 395 g/mol. The van der Waals surface area contributed by atoms with Crippen molar-refractivity contribution in [1.29, 1.82) is 0 Å². The Morgan fingerprint density at radius 2 is 1.68 bits per heavy atom. The molecular formula is C21H21N3O3S. The second kappa shape index (κ2) is 8.33. The van der Waals surface area contributed by atoms with Crippen molar-refractivity contribution < 1.29 is 13.2 Å². The van der Waals surface area contributed by atoms with E-state index in [1.165, 1.54) is 12.1 Å². The van der Waals surface area contributed by atoms with Crippen LogP contribution in [0.1, 0.15) is 21.6 Å². The molecule has 0 fully saturated rings. The average molecular weight is 395 g/mol. The Labute approximate surface area is 164 Å². The van der Waals surface area contributed by atoms with E-state index >= 15 is 0 Å². The van der Waals surface area contributed by atoms with Gasteiger partial charge in [-0.2, -0.15) is 0 Å². The Balaban J connectivity index is 1.61. The molecule has 1 aromatic heterocycles. The summed E-state index contributed by atoms with van der Waals surface area (Å²) in [6.07, 6.45) is 0.575. The number of nitrogens with one attached hydrogen (secondary N) is 1. The fourth-order valence-electron chi connectivity index (χ4n) is 2.83. The molecule has 0 bridgehead atoms. The number of aryl methyl sites for hydroxylation is 1. The number of hydrogen-bond donors (Lipinski definition) is 2. The first-order valence-corrected chi connectivity index (χ1v) is 10.3. The van der Waals surface area contributed by atoms with Crippen molar-refractivity contribution in [1.82, 2.24) is 10.3 Å². The van der Waals surface area contributed by atoms with Gasteiger partial charge in [0, 0.05) is 12.1 Å². The van der Waals surface area contributed by atoms with E-state index in [0.717, 1.165) is 16.8 Å². The third-order valence-corrected chi connectivity index (χ3v) is 5.28. The molecule has 0 aliphatic rings. The van der Waals surface area contributed by atoms with Gasteiger partial charge in [-0.1, -0.05) is 42.5 Å². The van der Waals surface area contributed by atoms with E-state index in [2.05, 4.69) is 10.3 Å². The highest BCUT2D eigenvalue weighted by Gasteiger charge is 2.11. The SMILES string of the molecule is Cc1nc(-c2ccccc2)ccc1C(=O)NCCc1ccc(S(N)(=O)=O)cc1. The molecule has 7 heteroatoms. The van der Waals surface area contributed by atoms with Crippen LogP contribution in [-0.4, -0.2) is 25.9 Å². The lowest BCUT2D eigenvalue weighted by atomic mass is 10.1. The molecule has 1 heterocycles.